The average Bonchev–Trinajstić information content (AvgIpc) is 3.06. The van der Waals surface area contributed by atoms with Crippen LogP contribution in [0.2, 0.25) is 0 Å². The van der Waals surface area contributed by atoms with E-state index in [9.17, 15) is 13.2 Å². The SMILES string of the molecule is COCCNC(=O)c1ccc2c(c1)CCN2S(=O)(=O)c1ccc(C)cc1. The van der Waals surface area contributed by atoms with Gasteiger partial charge in [-0.3, -0.25) is 9.10 Å². The summed E-state index contributed by atoms with van der Waals surface area (Å²) in [6.45, 7) is 3.17. The standard InChI is InChI=1S/C19H22N2O4S/c1-14-3-6-17(7-4-14)26(23,24)21-11-9-15-13-16(5-8-18(15)21)19(22)20-10-12-25-2/h3-8,13H,9-12H2,1-2H3,(H,20,22). The lowest BCUT2D eigenvalue weighted by molar-refractivity contribution is 0.0937. The van der Waals surface area contributed by atoms with Crippen LogP contribution in [0.1, 0.15) is 21.5 Å². The summed E-state index contributed by atoms with van der Waals surface area (Å²) in [5, 5.41) is 2.77. The highest BCUT2D eigenvalue weighted by Crippen LogP contribution is 2.33. The summed E-state index contributed by atoms with van der Waals surface area (Å²) in [5.74, 6) is -0.190. The van der Waals surface area contributed by atoms with E-state index in [4.69, 9.17) is 4.74 Å². The van der Waals surface area contributed by atoms with Crippen LogP contribution in [0.25, 0.3) is 0 Å². The van der Waals surface area contributed by atoms with Gasteiger partial charge in [-0.25, -0.2) is 8.42 Å². The number of benzene rings is 2. The van der Waals surface area contributed by atoms with Crippen LogP contribution in [0.15, 0.2) is 47.4 Å². The van der Waals surface area contributed by atoms with Crippen LogP contribution in [0.5, 0.6) is 0 Å². The fraction of sp³-hybridized carbons (Fsp3) is 0.316. The van der Waals surface area contributed by atoms with Gasteiger partial charge in [0, 0.05) is 25.8 Å². The van der Waals surface area contributed by atoms with Crippen molar-refractivity contribution in [2.75, 3.05) is 31.1 Å². The Hall–Kier alpha value is -2.38. The molecule has 0 atom stereocenters. The zero-order valence-corrected chi connectivity index (χ0v) is 15.7. The minimum atomic E-state index is -3.60. The summed E-state index contributed by atoms with van der Waals surface area (Å²) in [6.07, 6.45) is 0.583. The van der Waals surface area contributed by atoms with E-state index in [1.807, 2.05) is 6.92 Å². The highest BCUT2D eigenvalue weighted by molar-refractivity contribution is 7.92. The van der Waals surface area contributed by atoms with Crippen LogP contribution in [0.4, 0.5) is 5.69 Å². The fourth-order valence-electron chi connectivity index (χ4n) is 2.97. The molecule has 2 aromatic carbocycles. The third kappa shape index (κ3) is 3.59. The first-order valence-corrected chi connectivity index (χ1v) is 9.87. The molecular weight excluding hydrogens is 352 g/mol. The Kier molecular flexibility index (Phi) is 5.29. The van der Waals surface area contributed by atoms with Gasteiger partial charge in [0.25, 0.3) is 15.9 Å². The van der Waals surface area contributed by atoms with Crippen LogP contribution in [-0.2, 0) is 21.2 Å². The van der Waals surface area contributed by atoms with Gasteiger partial charge in [-0.15, -0.1) is 0 Å². The first kappa shape index (κ1) is 18.4. The molecule has 0 aliphatic carbocycles. The first-order valence-electron chi connectivity index (χ1n) is 8.43. The van der Waals surface area contributed by atoms with Crippen molar-refractivity contribution in [1.29, 1.82) is 0 Å². The molecule has 1 aliphatic heterocycles. The van der Waals surface area contributed by atoms with Crippen LogP contribution >= 0.6 is 0 Å². The molecule has 0 bridgehead atoms. The Labute approximate surface area is 153 Å². The van der Waals surface area contributed by atoms with Crippen molar-refractivity contribution in [1.82, 2.24) is 5.32 Å². The molecule has 0 spiro atoms. The summed E-state index contributed by atoms with van der Waals surface area (Å²) in [6, 6.07) is 12.0. The zero-order valence-electron chi connectivity index (χ0n) is 14.9. The van der Waals surface area contributed by atoms with Crippen molar-refractivity contribution in [2.24, 2.45) is 0 Å². The summed E-state index contributed by atoms with van der Waals surface area (Å²) in [5.41, 5.74) is 3.03. The summed E-state index contributed by atoms with van der Waals surface area (Å²) >= 11 is 0. The van der Waals surface area contributed by atoms with Gasteiger partial charge in [0.2, 0.25) is 0 Å². The average molecular weight is 374 g/mol. The second-order valence-electron chi connectivity index (χ2n) is 6.23. The number of carbonyl (C=O) groups is 1. The largest absolute Gasteiger partial charge is 0.383 e. The highest BCUT2D eigenvalue weighted by atomic mass is 32.2. The Bertz CT molecular complexity index is 908. The number of rotatable bonds is 6. The highest BCUT2D eigenvalue weighted by Gasteiger charge is 2.31. The number of ether oxygens (including phenoxy) is 1. The summed E-state index contributed by atoms with van der Waals surface area (Å²) < 4.78 is 32.2. The molecule has 6 nitrogen and oxygen atoms in total. The molecule has 0 saturated heterocycles. The van der Waals surface area contributed by atoms with E-state index < -0.39 is 10.0 Å². The number of methoxy groups -OCH3 is 1. The molecule has 0 radical (unpaired) electrons. The molecule has 0 aromatic heterocycles. The van der Waals surface area contributed by atoms with Crippen LogP contribution in [0, 0.1) is 6.92 Å². The number of anilines is 1. The number of carbonyl (C=O) groups excluding carboxylic acids is 1. The van der Waals surface area contributed by atoms with E-state index in [0.717, 1.165) is 11.1 Å². The Morgan fingerprint density at radius 2 is 1.92 bits per heavy atom. The number of hydrogen-bond donors (Lipinski definition) is 1. The number of hydrogen-bond acceptors (Lipinski definition) is 4. The van der Waals surface area contributed by atoms with Crippen LogP contribution < -0.4 is 9.62 Å². The minimum Gasteiger partial charge on any atom is -0.383 e. The molecule has 26 heavy (non-hydrogen) atoms. The molecule has 1 amide bonds. The number of fused-ring (bicyclic) bond motifs is 1. The smallest absolute Gasteiger partial charge is 0.264 e. The maximum absolute atomic E-state index is 12.9. The van der Waals surface area contributed by atoms with Crippen molar-refractivity contribution < 1.29 is 17.9 Å². The molecule has 138 valence electrons. The second-order valence-corrected chi connectivity index (χ2v) is 8.09. The van der Waals surface area contributed by atoms with Gasteiger partial charge >= 0.3 is 0 Å². The lowest BCUT2D eigenvalue weighted by Crippen LogP contribution is -2.29. The Morgan fingerprint density at radius 1 is 1.19 bits per heavy atom. The quantitative estimate of drug-likeness (QED) is 0.786. The molecule has 1 heterocycles. The van der Waals surface area contributed by atoms with E-state index in [2.05, 4.69) is 5.32 Å². The summed E-state index contributed by atoms with van der Waals surface area (Å²) in [7, 11) is -2.03. The normalized spacial score (nSPS) is 13.5. The van der Waals surface area contributed by atoms with Gasteiger partial charge in [-0.2, -0.15) is 0 Å². The van der Waals surface area contributed by atoms with Crippen molar-refractivity contribution in [3.63, 3.8) is 0 Å². The van der Waals surface area contributed by atoms with Crippen molar-refractivity contribution in [2.45, 2.75) is 18.2 Å². The van der Waals surface area contributed by atoms with E-state index >= 15 is 0 Å². The van der Waals surface area contributed by atoms with E-state index in [0.29, 0.717) is 37.4 Å². The molecular formula is C19H22N2O4S. The van der Waals surface area contributed by atoms with E-state index in [1.165, 1.54) is 4.31 Å². The van der Waals surface area contributed by atoms with Crippen molar-refractivity contribution in [3.8, 4) is 0 Å². The monoisotopic (exact) mass is 374 g/mol. The van der Waals surface area contributed by atoms with E-state index in [1.54, 1.807) is 49.6 Å². The number of nitrogens with zero attached hydrogens (tertiary/aromatic N) is 1. The topological polar surface area (TPSA) is 75.7 Å². The molecule has 0 fully saturated rings. The number of amides is 1. The predicted octanol–water partition coefficient (Wildman–Crippen LogP) is 2.12. The second kappa shape index (κ2) is 7.47. The number of sulfonamides is 1. The lowest BCUT2D eigenvalue weighted by Gasteiger charge is -2.20. The Morgan fingerprint density at radius 3 is 2.62 bits per heavy atom. The Balaban J connectivity index is 1.84. The van der Waals surface area contributed by atoms with Gasteiger partial charge < -0.3 is 10.1 Å². The molecule has 0 saturated carbocycles. The van der Waals surface area contributed by atoms with Gasteiger partial charge in [-0.1, -0.05) is 17.7 Å². The van der Waals surface area contributed by atoms with Crippen molar-refractivity contribution >= 4 is 21.6 Å². The molecule has 2 aromatic rings. The van der Waals surface area contributed by atoms with Gasteiger partial charge in [-0.05, 0) is 49.2 Å². The molecule has 3 rings (SSSR count). The molecule has 7 heteroatoms. The molecule has 1 N–H and O–H groups in total. The minimum absolute atomic E-state index is 0.190. The van der Waals surface area contributed by atoms with Gasteiger partial charge in [0.15, 0.2) is 0 Å². The van der Waals surface area contributed by atoms with Crippen LogP contribution in [0.3, 0.4) is 0 Å². The molecule has 1 aliphatic rings. The van der Waals surface area contributed by atoms with Crippen molar-refractivity contribution in [3.05, 3.63) is 59.2 Å². The summed E-state index contributed by atoms with van der Waals surface area (Å²) in [4.78, 5) is 12.4. The maximum atomic E-state index is 12.9. The van der Waals surface area contributed by atoms with Crippen LogP contribution in [-0.4, -0.2) is 41.1 Å². The number of nitrogens with one attached hydrogen (secondary N) is 1. The third-order valence-corrected chi connectivity index (χ3v) is 6.22. The van der Waals surface area contributed by atoms with Gasteiger partial charge in [0.05, 0.1) is 17.2 Å². The van der Waals surface area contributed by atoms with E-state index in [-0.39, 0.29) is 10.8 Å². The molecule has 0 unspecified atom stereocenters. The maximum Gasteiger partial charge on any atom is 0.264 e. The van der Waals surface area contributed by atoms with Gasteiger partial charge in [0.1, 0.15) is 0 Å². The number of aryl methyl sites for hydroxylation is 1. The predicted molar refractivity (Wildman–Crippen MR) is 100 cm³/mol. The fourth-order valence-corrected chi connectivity index (χ4v) is 4.47. The lowest BCUT2D eigenvalue weighted by atomic mass is 10.1. The first-order chi connectivity index (χ1) is 12.4. The third-order valence-electron chi connectivity index (χ3n) is 4.40. The zero-order chi connectivity index (χ0) is 18.7.